The van der Waals surface area contributed by atoms with E-state index in [1.807, 2.05) is 44.3 Å². The molecular formula is C18H20BrN3O2. The molecule has 0 spiro atoms. The van der Waals surface area contributed by atoms with Gasteiger partial charge in [0.2, 0.25) is 11.8 Å². The first-order valence-electron chi connectivity index (χ1n) is 8.02. The Morgan fingerprint density at radius 1 is 1.29 bits per heavy atom. The fourth-order valence-corrected chi connectivity index (χ4v) is 3.22. The number of piperazine rings is 1. The van der Waals surface area contributed by atoms with E-state index in [0.29, 0.717) is 13.0 Å². The maximum absolute atomic E-state index is 12.5. The van der Waals surface area contributed by atoms with Crippen molar-refractivity contribution >= 4 is 39.0 Å². The van der Waals surface area contributed by atoms with Crippen molar-refractivity contribution in [1.29, 1.82) is 0 Å². The van der Waals surface area contributed by atoms with Gasteiger partial charge in [0.05, 0.1) is 6.54 Å². The highest BCUT2D eigenvalue weighted by Gasteiger charge is 2.35. The Bertz CT molecular complexity index is 722. The molecule has 5 nitrogen and oxygen atoms in total. The van der Waals surface area contributed by atoms with Crippen LogP contribution in [0.1, 0.15) is 25.8 Å². The van der Waals surface area contributed by atoms with Crippen LogP contribution >= 0.6 is 15.9 Å². The average molecular weight is 390 g/mol. The Kier molecular flexibility index (Phi) is 4.85. The van der Waals surface area contributed by atoms with Gasteiger partial charge in [0.25, 0.3) is 0 Å². The summed E-state index contributed by atoms with van der Waals surface area (Å²) in [4.78, 5) is 30.5. The van der Waals surface area contributed by atoms with Crippen molar-refractivity contribution in [3.63, 3.8) is 0 Å². The number of carbonyl (C=O) groups excluding carboxylic acids is 2. The summed E-state index contributed by atoms with van der Waals surface area (Å²) in [6, 6.07) is 7.65. The van der Waals surface area contributed by atoms with Crippen LogP contribution in [0.3, 0.4) is 0 Å². The normalized spacial score (nSPS) is 21.0. The first-order chi connectivity index (χ1) is 11.4. The lowest BCUT2D eigenvalue weighted by molar-refractivity contribution is -0.144. The van der Waals surface area contributed by atoms with Gasteiger partial charge in [0, 0.05) is 22.8 Å². The fourth-order valence-electron chi connectivity index (χ4n) is 2.95. The van der Waals surface area contributed by atoms with Gasteiger partial charge in [-0.3, -0.25) is 14.6 Å². The van der Waals surface area contributed by atoms with Gasteiger partial charge in [-0.2, -0.15) is 0 Å². The molecular weight excluding hydrogens is 370 g/mol. The minimum Gasteiger partial charge on any atom is -0.343 e. The zero-order valence-corrected chi connectivity index (χ0v) is 15.3. The highest BCUT2D eigenvalue weighted by atomic mass is 79.9. The van der Waals surface area contributed by atoms with Gasteiger partial charge in [-0.15, -0.1) is 0 Å². The van der Waals surface area contributed by atoms with E-state index in [2.05, 4.69) is 26.2 Å². The van der Waals surface area contributed by atoms with E-state index < -0.39 is 6.04 Å². The zero-order chi connectivity index (χ0) is 17.3. The smallest absolute Gasteiger partial charge is 0.246 e. The zero-order valence-electron chi connectivity index (χ0n) is 13.8. The molecule has 1 N–H and O–H groups in total. The van der Waals surface area contributed by atoms with Crippen LogP contribution in [-0.2, 0) is 9.59 Å². The molecule has 1 saturated heterocycles. The number of aliphatic imine (C=N–C) groups is 1. The molecule has 0 aromatic heterocycles. The van der Waals surface area contributed by atoms with Crippen LogP contribution in [0.4, 0.5) is 0 Å². The molecule has 1 fully saturated rings. The number of halogens is 1. The van der Waals surface area contributed by atoms with Crippen LogP contribution in [0.2, 0.25) is 0 Å². The van der Waals surface area contributed by atoms with Gasteiger partial charge in [-0.1, -0.05) is 41.9 Å². The number of nitrogens with one attached hydrogen (secondary N) is 1. The fraction of sp³-hybridized carbons (Fsp3) is 0.389. The van der Waals surface area contributed by atoms with Gasteiger partial charge >= 0.3 is 0 Å². The highest BCUT2D eigenvalue weighted by Crippen LogP contribution is 2.25. The van der Waals surface area contributed by atoms with E-state index >= 15 is 0 Å². The van der Waals surface area contributed by atoms with E-state index in [9.17, 15) is 9.59 Å². The van der Waals surface area contributed by atoms with Gasteiger partial charge < -0.3 is 10.2 Å². The first-order valence-corrected chi connectivity index (χ1v) is 8.82. The molecule has 2 aliphatic rings. The van der Waals surface area contributed by atoms with Crippen LogP contribution in [0.5, 0.6) is 0 Å². The lowest BCUT2D eigenvalue weighted by Crippen LogP contribution is -2.60. The molecule has 24 heavy (non-hydrogen) atoms. The summed E-state index contributed by atoms with van der Waals surface area (Å²) in [6.45, 7) is 4.39. The Balaban J connectivity index is 1.64. The summed E-state index contributed by atoms with van der Waals surface area (Å²) in [5, 5.41) is 2.77. The van der Waals surface area contributed by atoms with Crippen LogP contribution < -0.4 is 5.32 Å². The third kappa shape index (κ3) is 3.59. The van der Waals surface area contributed by atoms with E-state index in [-0.39, 0.29) is 24.3 Å². The van der Waals surface area contributed by atoms with E-state index in [4.69, 9.17) is 0 Å². The second kappa shape index (κ2) is 6.89. The third-order valence-electron chi connectivity index (χ3n) is 4.28. The van der Waals surface area contributed by atoms with Gasteiger partial charge in [-0.05, 0) is 29.2 Å². The second-order valence-corrected chi connectivity index (χ2v) is 7.43. The van der Waals surface area contributed by atoms with Crippen molar-refractivity contribution in [2.24, 2.45) is 10.9 Å². The van der Waals surface area contributed by atoms with E-state index in [1.165, 1.54) is 0 Å². The molecule has 0 aliphatic carbocycles. The van der Waals surface area contributed by atoms with E-state index in [1.54, 1.807) is 4.90 Å². The van der Waals surface area contributed by atoms with Gasteiger partial charge in [0.15, 0.2) is 0 Å². The van der Waals surface area contributed by atoms with Crippen LogP contribution in [0.15, 0.2) is 39.9 Å². The van der Waals surface area contributed by atoms with E-state index in [0.717, 1.165) is 21.3 Å². The summed E-state index contributed by atoms with van der Waals surface area (Å²) in [6.07, 6.45) is 2.56. The monoisotopic (exact) mass is 389 g/mol. The molecule has 2 amide bonds. The molecule has 0 radical (unpaired) electrons. The predicted octanol–water partition coefficient (Wildman–Crippen LogP) is 2.62. The maximum atomic E-state index is 12.5. The molecule has 1 aromatic rings. The van der Waals surface area contributed by atoms with Crippen LogP contribution in [0.25, 0.3) is 5.57 Å². The summed E-state index contributed by atoms with van der Waals surface area (Å²) < 4.78 is 1.04. The topological polar surface area (TPSA) is 61.8 Å². The maximum Gasteiger partial charge on any atom is 0.246 e. The quantitative estimate of drug-likeness (QED) is 0.859. The Morgan fingerprint density at radius 3 is 2.67 bits per heavy atom. The Labute approximate surface area is 150 Å². The Morgan fingerprint density at radius 2 is 2.00 bits per heavy atom. The lowest BCUT2D eigenvalue weighted by atomic mass is 9.99. The van der Waals surface area contributed by atoms with Crippen molar-refractivity contribution in [3.05, 3.63) is 40.5 Å². The minimum atomic E-state index is -0.438. The minimum absolute atomic E-state index is 0.0237. The summed E-state index contributed by atoms with van der Waals surface area (Å²) in [7, 11) is 0. The number of amides is 2. The standard InChI is InChI=1S/C18H20BrN3O2/c1-11(2)17-18(24)22(10-16(23)21-17)9-15-7-13(8-20-15)12-3-5-14(19)6-4-12/h3-6,8,11,17H,7,9-10H2,1-2H3,(H,21,23)/t17-/m0/s1. The number of carbonyl (C=O) groups is 2. The number of hydrogen-bond donors (Lipinski definition) is 1. The van der Waals surface area contributed by atoms with Crippen molar-refractivity contribution in [3.8, 4) is 0 Å². The summed E-state index contributed by atoms with van der Waals surface area (Å²) >= 11 is 3.43. The molecule has 1 aromatic carbocycles. The molecule has 126 valence electrons. The van der Waals surface area contributed by atoms with Crippen LogP contribution in [-0.4, -0.2) is 41.6 Å². The molecule has 2 heterocycles. The van der Waals surface area contributed by atoms with Crippen molar-refractivity contribution in [2.75, 3.05) is 13.1 Å². The van der Waals surface area contributed by atoms with Crippen molar-refractivity contribution in [1.82, 2.24) is 10.2 Å². The summed E-state index contributed by atoms with van der Waals surface area (Å²) in [5.74, 6) is -0.0522. The molecule has 0 bridgehead atoms. The molecule has 6 heteroatoms. The van der Waals surface area contributed by atoms with Gasteiger partial charge in [0.1, 0.15) is 12.6 Å². The number of benzene rings is 1. The van der Waals surface area contributed by atoms with Gasteiger partial charge in [-0.25, -0.2) is 0 Å². The average Bonchev–Trinajstić information content (AvgIpc) is 2.99. The molecule has 0 saturated carbocycles. The molecule has 0 unspecified atom stereocenters. The molecule has 1 atom stereocenters. The largest absolute Gasteiger partial charge is 0.343 e. The lowest BCUT2D eigenvalue weighted by Gasteiger charge is -2.34. The van der Waals surface area contributed by atoms with Crippen LogP contribution in [0, 0.1) is 5.92 Å². The van der Waals surface area contributed by atoms with Crippen molar-refractivity contribution in [2.45, 2.75) is 26.3 Å². The van der Waals surface area contributed by atoms with Crippen molar-refractivity contribution < 1.29 is 9.59 Å². The molecule has 2 aliphatic heterocycles. The Hall–Kier alpha value is -1.95. The molecule has 3 rings (SSSR count). The SMILES string of the molecule is CC(C)[C@@H]1NC(=O)CN(CC2=NC=C(c3ccc(Br)cc3)C2)C1=O. The number of nitrogens with zero attached hydrogens (tertiary/aromatic N) is 2. The first kappa shape index (κ1) is 16.9. The highest BCUT2D eigenvalue weighted by molar-refractivity contribution is 9.10. The predicted molar refractivity (Wildman–Crippen MR) is 97.5 cm³/mol. The number of allylic oxidation sites excluding steroid dienone is 1. The summed E-state index contributed by atoms with van der Waals surface area (Å²) in [5.41, 5.74) is 3.17. The second-order valence-electron chi connectivity index (χ2n) is 6.52. The number of rotatable bonds is 4. The third-order valence-corrected chi connectivity index (χ3v) is 4.81. The number of hydrogen-bond acceptors (Lipinski definition) is 3.